The molecule has 0 aliphatic carbocycles. The fourth-order valence-corrected chi connectivity index (χ4v) is 4.15. The SMILES string of the molecule is CC(C)(C)c1csc(C2(C)CN(c3ccc4nnnn4c3)CCO2)n1. The normalized spacial score (nSPS) is 21.8. The third-order valence-electron chi connectivity index (χ3n) is 4.54. The minimum absolute atomic E-state index is 0.0462. The third-order valence-corrected chi connectivity index (χ3v) is 5.63. The van der Waals surface area contributed by atoms with Crippen LogP contribution in [0.5, 0.6) is 0 Å². The largest absolute Gasteiger partial charge is 0.365 e. The van der Waals surface area contributed by atoms with Gasteiger partial charge in [-0.25, -0.2) is 4.98 Å². The van der Waals surface area contributed by atoms with E-state index in [9.17, 15) is 0 Å². The molecule has 1 atom stereocenters. The molecule has 132 valence electrons. The van der Waals surface area contributed by atoms with E-state index in [4.69, 9.17) is 9.72 Å². The summed E-state index contributed by atoms with van der Waals surface area (Å²) in [7, 11) is 0. The second-order valence-electron chi connectivity index (χ2n) is 7.66. The molecule has 0 N–H and O–H groups in total. The van der Waals surface area contributed by atoms with Gasteiger partial charge in [-0.1, -0.05) is 20.8 Å². The average molecular weight is 358 g/mol. The average Bonchev–Trinajstić information content (AvgIpc) is 3.23. The van der Waals surface area contributed by atoms with Crippen molar-refractivity contribution in [2.75, 3.05) is 24.6 Å². The van der Waals surface area contributed by atoms with E-state index in [1.807, 2.05) is 12.3 Å². The van der Waals surface area contributed by atoms with E-state index in [1.54, 1.807) is 15.9 Å². The Labute approximate surface area is 150 Å². The Morgan fingerprint density at radius 2 is 2.12 bits per heavy atom. The first kappa shape index (κ1) is 16.4. The lowest BCUT2D eigenvalue weighted by molar-refractivity contribution is -0.0468. The fourth-order valence-electron chi connectivity index (χ4n) is 3.00. The van der Waals surface area contributed by atoms with Gasteiger partial charge in [0.1, 0.15) is 10.6 Å². The fraction of sp³-hybridized carbons (Fsp3) is 0.529. The molecule has 0 bridgehead atoms. The lowest BCUT2D eigenvalue weighted by Crippen LogP contribution is -2.48. The quantitative estimate of drug-likeness (QED) is 0.701. The topological polar surface area (TPSA) is 68.4 Å². The molecule has 1 unspecified atom stereocenters. The van der Waals surface area contributed by atoms with Gasteiger partial charge < -0.3 is 9.64 Å². The van der Waals surface area contributed by atoms with Gasteiger partial charge in [-0.3, -0.25) is 0 Å². The van der Waals surface area contributed by atoms with E-state index in [-0.39, 0.29) is 5.41 Å². The molecule has 1 saturated heterocycles. The summed E-state index contributed by atoms with van der Waals surface area (Å²) < 4.78 is 7.86. The van der Waals surface area contributed by atoms with Gasteiger partial charge in [-0.15, -0.1) is 16.4 Å². The van der Waals surface area contributed by atoms with Crippen molar-refractivity contribution in [2.24, 2.45) is 0 Å². The molecule has 1 fully saturated rings. The predicted molar refractivity (Wildman–Crippen MR) is 97.1 cm³/mol. The van der Waals surface area contributed by atoms with Crippen LogP contribution >= 0.6 is 11.3 Å². The maximum absolute atomic E-state index is 6.16. The molecule has 0 spiro atoms. The highest BCUT2D eigenvalue weighted by molar-refractivity contribution is 7.09. The van der Waals surface area contributed by atoms with E-state index in [1.165, 1.54) is 0 Å². The molecule has 3 aromatic rings. The molecule has 8 heteroatoms. The van der Waals surface area contributed by atoms with Crippen molar-refractivity contribution < 1.29 is 4.74 Å². The highest BCUT2D eigenvalue weighted by atomic mass is 32.1. The Morgan fingerprint density at radius 3 is 2.88 bits per heavy atom. The number of ether oxygens (including phenoxy) is 1. The molecule has 1 aliphatic heterocycles. The number of hydrogen-bond donors (Lipinski definition) is 0. The summed E-state index contributed by atoms with van der Waals surface area (Å²) in [5.74, 6) is 0. The number of rotatable bonds is 2. The van der Waals surface area contributed by atoms with Crippen molar-refractivity contribution in [3.63, 3.8) is 0 Å². The summed E-state index contributed by atoms with van der Waals surface area (Å²) in [6.45, 7) is 10.9. The van der Waals surface area contributed by atoms with Gasteiger partial charge in [-0.2, -0.15) is 4.52 Å². The zero-order chi connectivity index (χ0) is 17.7. The van der Waals surface area contributed by atoms with Gasteiger partial charge in [0.05, 0.1) is 30.7 Å². The first-order valence-electron chi connectivity index (χ1n) is 8.38. The van der Waals surface area contributed by atoms with Gasteiger partial charge in [0.25, 0.3) is 0 Å². The van der Waals surface area contributed by atoms with E-state index >= 15 is 0 Å². The van der Waals surface area contributed by atoms with E-state index < -0.39 is 5.60 Å². The highest BCUT2D eigenvalue weighted by Crippen LogP contribution is 2.35. The molecule has 1 aliphatic rings. The summed E-state index contributed by atoms with van der Waals surface area (Å²) in [6.07, 6.45) is 1.96. The van der Waals surface area contributed by atoms with Crippen LogP contribution in [0, 0.1) is 0 Å². The molecular weight excluding hydrogens is 336 g/mol. The van der Waals surface area contributed by atoms with Crippen LogP contribution < -0.4 is 4.90 Å². The summed E-state index contributed by atoms with van der Waals surface area (Å²) in [4.78, 5) is 7.18. The highest BCUT2D eigenvalue weighted by Gasteiger charge is 2.37. The van der Waals surface area contributed by atoms with Crippen molar-refractivity contribution in [2.45, 2.75) is 38.7 Å². The molecule has 0 amide bonds. The number of aromatic nitrogens is 5. The zero-order valence-corrected chi connectivity index (χ0v) is 15.7. The van der Waals surface area contributed by atoms with E-state index in [0.717, 1.165) is 35.1 Å². The van der Waals surface area contributed by atoms with Crippen molar-refractivity contribution in [3.8, 4) is 0 Å². The first-order valence-corrected chi connectivity index (χ1v) is 9.26. The molecule has 7 nitrogen and oxygen atoms in total. The van der Waals surface area contributed by atoms with Crippen molar-refractivity contribution in [3.05, 3.63) is 34.4 Å². The Morgan fingerprint density at radius 1 is 1.28 bits per heavy atom. The van der Waals surface area contributed by atoms with E-state index in [0.29, 0.717) is 6.61 Å². The zero-order valence-electron chi connectivity index (χ0n) is 14.9. The molecule has 4 rings (SSSR count). The summed E-state index contributed by atoms with van der Waals surface area (Å²) >= 11 is 1.68. The van der Waals surface area contributed by atoms with Crippen molar-refractivity contribution >= 4 is 22.7 Å². The number of pyridine rings is 1. The molecule has 0 radical (unpaired) electrons. The second kappa shape index (κ2) is 5.74. The standard InChI is InChI=1S/C17H22N6OS/c1-16(2,3)13-10-25-15(18-13)17(4)11-22(7-8-24-17)12-5-6-14-19-20-21-23(14)9-12/h5-6,9-10H,7-8,11H2,1-4H3. The number of hydrogen-bond acceptors (Lipinski definition) is 7. The summed E-state index contributed by atoms with van der Waals surface area (Å²) in [6, 6.07) is 3.99. The number of tetrazole rings is 1. The monoisotopic (exact) mass is 358 g/mol. The number of morpholine rings is 1. The Kier molecular flexibility index (Phi) is 3.77. The minimum atomic E-state index is -0.415. The van der Waals surface area contributed by atoms with Crippen LogP contribution in [0.1, 0.15) is 38.4 Å². The molecular formula is C17H22N6OS. The number of thiazole rings is 1. The van der Waals surface area contributed by atoms with Crippen LogP contribution in [0.15, 0.2) is 23.7 Å². The third kappa shape index (κ3) is 3.00. The minimum Gasteiger partial charge on any atom is -0.365 e. The van der Waals surface area contributed by atoms with Crippen LogP contribution in [-0.4, -0.2) is 44.7 Å². The lowest BCUT2D eigenvalue weighted by atomic mass is 9.93. The van der Waals surface area contributed by atoms with Crippen LogP contribution in [-0.2, 0) is 15.8 Å². The van der Waals surface area contributed by atoms with Gasteiger partial charge in [0, 0.05) is 17.3 Å². The lowest BCUT2D eigenvalue weighted by Gasteiger charge is -2.40. The molecule has 4 heterocycles. The van der Waals surface area contributed by atoms with Crippen LogP contribution in [0.2, 0.25) is 0 Å². The maximum Gasteiger partial charge on any atom is 0.179 e. The predicted octanol–water partition coefficient (Wildman–Crippen LogP) is 2.63. The number of nitrogens with zero attached hydrogens (tertiary/aromatic N) is 6. The van der Waals surface area contributed by atoms with Crippen molar-refractivity contribution in [1.29, 1.82) is 0 Å². The van der Waals surface area contributed by atoms with Crippen LogP contribution in [0.4, 0.5) is 5.69 Å². The summed E-state index contributed by atoms with van der Waals surface area (Å²) in [5.41, 5.74) is 2.58. The second-order valence-corrected chi connectivity index (χ2v) is 8.52. The Bertz CT molecular complexity index is 898. The number of anilines is 1. The molecule has 25 heavy (non-hydrogen) atoms. The first-order chi connectivity index (χ1) is 11.9. The van der Waals surface area contributed by atoms with Gasteiger partial charge in [0.15, 0.2) is 5.65 Å². The van der Waals surface area contributed by atoms with Gasteiger partial charge in [0.2, 0.25) is 0 Å². The molecule has 3 aromatic heterocycles. The molecule has 0 aromatic carbocycles. The van der Waals surface area contributed by atoms with Crippen LogP contribution in [0.3, 0.4) is 0 Å². The van der Waals surface area contributed by atoms with Crippen LogP contribution in [0.25, 0.3) is 5.65 Å². The molecule has 0 saturated carbocycles. The summed E-state index contributed by atoms with van der Waals surface area (Å²) in [5, 5.41) is 14.8. The maximum atomic E-state index is 6.16. The number of fused-ring (bicyclic) bond motifs is 1. The van der Waals surface area contributed by atoms with Gasteiger partial charge >= 0.3 is 0 Å². The van der Waals surface area contributed by atoms with E-state index in [2.05, 4.69) is 59.6 Å². The smallest absolute Gasteiger partial charge is 0.179 e. The Balaban J connectivity index is 1.62. The van der Waals surface area contributed by atoms with Crippen molar-refractivity contribution in [1.82, 2.24) is 25.0 Å². The Hall–Kier alpha value is -2.06. The van der Waals surface area contributed by atoms with Gasteiger partial charge in [-0.05, 0) is 29.5 Å².